The standard InChI is InChI=1S/C25H24FN5O4/c1-35-21-6-5-17(12-20(21)26)24(33)30-9-7-25(34,8-10-30)13-16-3-2-4-18(11-16)31-22-19(14-29-31)23(32)28-15-27-22/h2-6,11-12,14-15,34H,7-10,13H2,1H3,(H,27,28,32). The number of fused-ring (bicyclic) bond motifs is 1. The SMILES string of the molecule is COc1ccc(C(=O)N2CCC(O)(Cc3cccc(-n4ncc5c(=O)[nH]cnc54)c3)CC2)cc1F. The van der Waals surface area contributed by atoms with Gasteiger partial charge in [-0.3, -0.25) is 9.59 Å². The molecule has 2 aromatic carbocycles. The fourth-order valence-corrected chi connectivity index (χ4v) is 4.51. The van der Waals surface area contributed by atoms with Crippen LogP contribution >= 0.6 is 0 Å². The molecule has 2 N–H and O–H groups in total. The van der Waals surface area contributed by atoms with Gasteiger partial charge in [0.05, 0.1) is 30.9 Å². The predicted molar refractivity (Wildman–Crippen MR) is 126 cm³/mol. The Morgan fingerprint density at radius 1 is 1.23 bits per heavy atom. The monoisotopic (exact) mass is 477 g/mol. The van der Waals surface area contributed by atoms with E-state index < -0.39 is 11.4 Å². The predicted octanol–water partition coefficient (Wildman–Crippen LogP) is 2.47. The van der Waals surface area contributed by atoms with E-state index >= 15 is 0 Å². The third kappa shape index (κ3) is 4.40. The van der Waals surface area contributed by atoms with Crippen LogP contribution in [0.4, 0.5) is 4.39 Å². The van der Waals surface area contributed by atoms with Crippen LogP contribution in [0.15, 0.2) is 59.8 Å². The average molecular weight is 477 g/mol. The molecule has 180 valence electrons. The van der Waals surface area contributed by atoms with Crippen molar-refractivity contribution < 1.29 is 19.0 Å². The number of piperidine rings is 1. The maximum Gasteiger partial charge on any atom is 0.261 e. The number of likely N-dealkylation sites (tertiary alicyclic amines) is 1. The molecule has 10 heteroatoms. The van der Waals surface area contributed by atoms with Gasteiger partial charge in [-0.25, -0.2) is 14.1 Å². The maximum absolute atomic E-state index is 14.0. The van der Waals surface area contributed by atoms with Gasteiger partial charge in [-0.1, -0.05) is 12.1 Å². The zero-order valence-electron chi connectivity index (χ0n) is 19.1. The van der Waals surface area contributed by atoms with Crippen LogP contribution in [-0.4, -0.2) is 61.5 Å². The van der Waals surface area contributed by atoms with E-state index in [-0.39, 0.29) is 22.8 Å². The number of aliphatic hydroxyl groups is 1. The van der Waals surface area contributed by atoms with Gasteiger partial charge in [-0.15, -0.1) is 0 Å². The van der Waals surface area contributed by atoms with Gasteiger partial charge in [0.1, 0.15) is 5.39 Å². The van der Waals surface area contributed by atoms with Crippen molar-refractivity contribution in [2.75, 3.05) is 20.2 Å². The second kappa shape index (κ2) is 8.95. The van der Waals surface area contributed by atoms with Crippen molar-refractivity contribution >= 4 is 16.9 Å². The van der Waals surface area contributed by atoms with E-state index in [9.17, 15) is 19.1 Å². The average Bonchev–Trinajstić information content (AvgIpc) is 3.30. The molecule has 5 rings (SSSR count). The third-order valence-electron chi connectivity index (χ3n) is 6.44. The molecule has 0 spiro atoms. The normalized spacial score (nSPS) is 15.3. The zero-order chi connectivity index (χ0) is 24.6. The number of halogens is 1. The highest BCUT2D eigenvalue weighted by Gasteiger charge is 2.34. The topological polar surface area (TPSA) is 113 Å². The molecule has 1 aliphatic heterocycles. The molecule has 1 amide bonds. The smallest absolute Gasteiger partial charge is 0.261 e. The summed E-state index contributed by atoms with van der Waals surface area (Å²) in [6, 6.07) is 11.7. The van der Waals surface area contributed by atoms with Crippen molar-refractivity contribution in [1.29, 1.82) is 0 Å². The first-order chi connectivity index (χ1) is 16.9. The number of nitrogens with one attached hydrogen (secondary N) is 1. The van der Waals surface area contributed by atoms with E-state index in [1.807, 2.05) is 24.3 Å². The maximum atomic E-state index is 14.0. The number of hydrogen-bond donors (Lipinski definition) is 2. The highest BCUT2D eigenvalue weighted by Crippen LogP contribution is 2.29. The van der Waals surface area contributed by atoms with Gasteiger partial charge in [-0.2, -0.15) is 5.10 Å². The number of carbonyl (C=O) groups is 1. The summed E-state index contributed by atoms with van der Waals surface area (Å²) < 4.78 is 20.5. The first-order valence-corrected chi connectivity index (χ1v) is 11.2. The van der Waals surface area contributed by atoms with Crippen LogP contribution in [0.3, 0.4) is 0 Å². The Bertz CT molecular complexity index is 1460. The quantitative estimate of drug-likeness (QED) is 0.457. The molecule has 0 saturated carbocycles. The lowest BCUT2D eigenvalue weighted by Gasteiger charge is -2.38. The van der Waals surface area contributed by atoms with Gasteiger partial charge in [-0.05, 0) is 48.7 Å². The van der Waals surface area contributed by atoms with E-state index in [0.717, 1.165) is 11.3 Å². The molecule has 1 saturated heterocycles. The largest absolute Gasteiger partial charge is 0.494 e. The minimum Gasteiger partial charge on any atom is -0.494 e. The van der Waals surface area contributed by atoms with Crippen molar-refractivity contribution in [3.8, 4) is 11.4 Å². The van der Waals surface area contributed by atoms with E-state index in [2.05, 4.69) is 15.1 Å². The molecule has 1 fully saturated rings. The van der Waals surface area contributed by atoms with Crippen LogP contribution in [0.25, 0.3) is 16.7 Å². The van der Waals surface area contributed by atoms with Crippen molar-refractivity contribution in [2.24, 2.45) is 0 Å². The highest BCUT2D eigenvalue weighted by atomic mass is 19.1. The first kappa shape index (κ1) is 22.7. The molecule has 35 heavy (non-hydrogen) atoms. The summed E-state index contributed by atoms with van der Waals surface area (Å²) in [4.78, 5) is 33.2. The Morgan fingerprint density at radius 3 is 2.77 bits per heavy atom. The van der Waals surface area contributed by atoms with Gasteiger partial charge >= 0.3 is 0 Å². The summed E-state index contributed by atoms with van der Waals surface area (Å²) in [6.07, 6.45) is 3.99. The first-order valence-electron chi connectivity index (χ1n) is 11.2. The second-order valence-electron chi connectivity index (χ2n) is 8.74. The van der Waals surface area contributed by atoms with Gasteiger partial charge in [0, 0.05) is 25.1 Å². The lowest BCUT2D eigenvalue weighted by atomic mass is 9.85. The zero-order valence-corrected chi connectivity index (χ0v) is 19.1. The van der Waals surface area contributed by atoms with E-state index in [1.54, 1.807) is 9.58 Å². The van der Waals surface area contributed by atoms with Gasteiger partial charge in [0.25, 0.3) is 11.5 Å². The van der Waals surface area contributed by atoms with Crippen LogP contribution in [0.1, 0.15) is 28.8 Å². The van der Waals surface area contributed by atoms with Crippen LogP contribution in [0.5, 0.6) is 5.75 Å². The number of amides is 1. The summed E-state index contributed by atoms with van der Waals surface area (Å²) in [5.41, 5.74) is 1.09. The van der Waals surface area contributed by atoms with Crippen LogP contribution < -0.4 is 10.3 Å². The van der Waals surface area contributed by atoms with Gasteiger partial charge in [0.2, 0.25) is 0 Å². The summed E-state index contributed by atoms with van der Waals surface area (Å²) in [5, 5.41) is 15.9. The lowest BCUT2D eigenvalue weighted by molar-refractivity contribution is -0.0162. The number of H-pyrrole nitrogens is 1. The van der Waals surface area contributed by atoms with Crippen molar-refractivity contribution in [1.82, 2.24) is 24.6 Å². The number of rotatable bonds is 5. The van der Waals surface area contributed by atoms with Crippen LogP contribution in [0, 0.1) is 5.82 Å². The van der Waals surface area contributed by atoms with Gasteiger partial charge in [0.15, 0.2) is 17.2 Å². The number of hydrogen-bond acceptors (Lipinski definition) is 6. The van der Waals surface area contributed by atoms with E-state index in [0.29, 0.717) is 43.4 Å². The Kier molecular flexibility index (Phi) is 5.81. The lowest BCUT2D eigenvalue weighted by Crippen LogP contribution is -2.47. The molecule has 0 aliphatic carbocycles. The molecule has 2 aromatic heterocycles. The number of nitrogens with zero attached hydrogens (tertiary/aromatic N) is 4. The summed E-state index contributed by atoms with van der Waals surface area (Å²) in [5.74, 6) is -0.775. The minimum atomic E-state index is -0.984. The molecular weight excluding hydrogens is 453 g/mol. The highest BCUT2D eigenvalue weighted by molar-refractivity contribution is 5.94. The summed E-state index contributed by atoms with van der Waals surface area (Å²) >= 11 is 0. The van der Waals surface area contributed by atoms with Crippen LogP contribution in [0.2, 0.25) is 0 Å². The molecule has 1 aliphatic rings. The summed E-state index contributed by atoms with van der Waals surface area (Å²) in [7, 11) is 1.37. The summed E-state index contributed by atoms with van der Waals surface area (Å²) in [6.45, 7) is 0.721. The molecule has 3 heterocycles. The van der Waals surface area contributed by atoms with Crippen molar-refractivity contribution in [3.05, 3.63) is 82.3 Å². The molecular formula is C25H24FN5O4. The van der Waals surface area contributed by atoms with Crippen LogP contribution in [-0.2, 0) is 6.42 Å². The number of aromatic nitrogens is 4. The number of benzene rings is 2. The third-order valence-corrected chi connectivity index (χ3v) is 6.44. The fourth-order valence-electron chi connectivity index (χ4n) is 4.51. The molecule has 0 unspecified atom stereocenters. The van der Waals surface area contributed by atoms with Crippen molar-refractivity contribution in [2.45, 2.75) is 24.9 Å². The molecule has 9 nitrogen and oxygen atoms in total. The molecule has 0 bridgehead atoms. The Balaban J connectivity index is 1.28. The Hall–Kier alpha value is -4.05. The van der Waals surface area contributed by atoms with Crippen molar-refractivity contribution in [3.63, 3.8) is 0 Å². The van der Waals surface area contributed by atoms with Gasteiger partial charge < -0.3 is 19.7 Å². The molecule has 4 aromatic rings. The van der Waals surface area contributed by atoms with E-state index in [1.165, 1.54) is 37.8 Å². The molecule has 0 radical (unpaired) electrons. The number of carbonyl (C=O) groups excluding carboxylic acids is 1. The Labute approximate surface area is 199 Å². The number of ether oxygens (including phenoxy) is 1. The van der Waals surface area contributed by atoms with E-state index in [4.69, 9.17) is 4.74 Å². The number of aromatic amines is 1. The second-order valence-corrected chi connectivity index (χ2v) is 8.74. The Morgan fingerprint density at radius 2 is 2.03 bits per heavy atom. The molecule has 0 atom stereocenters. The minimum absolute atomic E-state index is 0.0856. The fraction of sp³-hybridized carbons (Fsp3) is 0.280. The number of methoxy groups -OCH3 is 1.